The maximum atomic E-state index is 8.15. The lowest BCUT2D eigenvalue weighted by molar-refractivity contribution is 0.210. The quantitative estimate of drug-likeness (QED) is 0.288. The molecule has 0 saturated heterocycles. The van der Waals surface area contributed by atoms with E-state index in [9.17, 15) is 0 Å². The van der Waals surface area contributed by atoms with Crippen LogP contribution in [0.1, 0.15) is 0 Å². The van der Waals surface area contributed by atoms with E-state index in [1.807, 2.05) is 19.6 Å². The Kier molecular flexibility index (Phi) is 5.74. The lowest BCUT2D eigenvalue weighted by atomic mass is 10.4. The summed E-state index contributed by atoms with van der Waals surface area (Å²) in [6.45, 7) is 6.48. The molecule has 0 fully saturated rings. The molecule has 0 spiro atoms. The molecule has 7 nitrogen and oxygen atoms in total. The molecule has 0 aromatic rings. The summed E-state index contributed by atoms with van der Waals surface area (Å²) in [7, 11) is -1.69. The predicted octanol–water partition coefficient (Wildman–Crippen LogP) is 2.83. The van der Waals surface area contributed by atoms with Crippen molar-refractivity contribution in [2.24, 2.45) is 10.2 Å². The van der Waals surface area contributed by atoms with Gasteiger partial charge in [0.05, 0.1) is 19.2 Å². The Morgan fingerprint density at radius 2 is 1.57 bits per heavy atom. The monoisotopic (exact) mass is 214 g/mol. The van der Waals surface area contributed by atoms with Gasteiger partial charge in [-0.1, -0.05) is 10.2 Å². The van der Waals surface area contributed by atoms with Gasteiger partial charge in [-0.3, -0.25) is 0 Å². The molecule has 0 aliphatic carbocycles. The van der Waals surface area contributed by atoms with Crippen molar-refractivity contribution in [2.45, 2.75) is 25.7 Å². The van der Waals surface area contributed by atoms with Crippen molar-refractivity contribution in [1.29, 1.82) is 0 Å². The van der Waals surface area contributed by atoms with Crippen molar-refractivity contribution >= 4 is 8.32 Å². The minimum atomic E-state index is -1.69. The second-order valence-electron chi connectivity index (χ2n) is 3.68. The van der Waals surface area contributed by atoms with E-state index in [2.05, 4.69) is 20.1 Å². The Hall–Kier alpha value is -1.20. The molecule has 0 atom stereocenters. The van der Waals surface area contributed by atoms with Crippen LogP contribution in [0.2, 0.25) is 19.6 Å². The van der Waals surface area contributed by atoms with Gasteiger partial charge >= 0.3 is 0 Å². The summed E-state index contributed by atoms with van der Waals surface area (Å²) < 4.78 is 5.65. The molecule has 0 heterocycles. The van der Waals surface area contributed by atoms with Crippen molar-refractivity contribution in [3.63, 3.8) is 0 Å². The Bertz CT molecular complexity index is 242. The van der Waals surface area contributed by atoms with Crippen molar-refractivity contribution < 1.29 is 4.43 Å². The fourth-order valence-corrected chi connectivity index (χ4v) is 2.04. The van der Waals surface area contributed by atoms with Gasteiger partial charge in [0.25, 0.3) is 0 Å². The Morgan fingerprint density at radius 3 is 1.86 bits per heavy atom. The Morgan fingerprint density at radius 1 is 1.14 bits per heavy atom. The van der Waals surface area contributed by atoms with E-state index in [0.717, 1.165) is 0 Å². The maximum absolute atomic E-state index is 8.15. The number of hydrogen-bond donors (Lipinski definition) is 0. The second-order valence-corrected chi connectivity index (χ2v) is 8.14. The average molecular weight is 214 g/mol. The second kappa shape index (κ2) is 6.28. The Labute approximate surface area is 83.4 Å². The van der Waals surface area contributed by atoms with Gasteiger partial charge in [-0.2, -0.15) is 0 Å². The molecular formula is C6H14N6OSi. The van der Waals surface area contributed by atoms with Gasteiger partial charge < -0.3 is 4.43 Å². The fourth-order valence-electron chi connectivity index (χ4n) is 0.887. The van der Waals surface area contributed by atoms with Crippen LogP contribution in [0.15, 0.2) is 10.2 Å². The van der Waals surface area contributed by atoms with Crippen molar-refractivity contribution in [3.8, 4) is 0 Å². The largest absolute Gasteiger partial charge is 0.414 e. The molecule has 0 unspecified atom stereocenters. The van der Waals surface area contributed by atoms with Gasteiger partial charge in [-0.25, -0.2) is 0 Å². The topological polar surface area (TPSA) is 107 Å². The molecule has 14 heavy (non-hydrogen) atoms. The zero-order valence-electron chi connectivity index (χ0n) is 8.58. The zero-order valence-corrected chi connectivity index (χ0v) is 9.58. The summed E-state index contributed by atoms with van der Waals surface area (Å²) in [4.78, 5) is 5.28. The van der Waals surface area contributed by atoms with Crippen LogP contribution in [0.5, 0.6) is 0 Å². The molecule has 78 valence electrons. The van der Waals surface area contributed by atoms with Gasteiger partial charge in [0, 0.05) is 9.82 Å². The van der Waals surface area contributed by atoms with E-state index in [1.54, 1.807) is 0 Å². The zero-order chi connectivity index (χ0) is 11.0. The minimum absolute atomic E-state index is 0.208. The smallest absolute Gasteiger partial charge is 0.184 e. The van der Waals surface area contributed by atoms with Crippen molar-refractivity contribution in [2.75, 3.05) is 13.1 Å². The molecule has 0 aromatic carbocycles. The predicted molar refractivity (Wildman–Crippen MR) is 56.2 cm³/mol. The molecule has 0 bridgehead atoms. The van der Waals surface area contributed by atoms with Crippen LogP contribution in [0.3, 0.4) is 0 Å². The molecule has 8 heteroatoms. The van der Waals surface area contributed by atoms with E-state index in [-0.39, 0.29) is 19.2 Å². The summed E-state index contributed by atoms with van der Waals surface area (Å²) >= 11 is 0. The fraction of sp³-hybridized carbons (Fsp3) is 1.00. The summed E-state index contributed by atoms with van der Waals surface area (Å²) in [6.07, 6.45) is -0.298. The van der Waals surface area contributed by atoms with Crippen LogP contribution >= 0.6 is 0 Å². The Balaban J connectivity index is 4.23. The van der Waals surface area contributed by atoms with Crippen LogP contribution in [-0.2, 0) is 4.43 Å². The van der Waals surface area contributed by atoms with Gasteiger partial charge in [0.2, 0.25) is 0 Å². The standard InChI is InChI=1S/C6H14N6OSi/c1-14(2,3)13-6(4-9-11-7)5-10-12-8/h6H,4-5H2,1-3H3. The third-order valence-electron chi connectivity index (χ3n) is 1.22. The first-order valence-electron chi connectivity index (χ1n) is 4.19. The first-order valence-corrected chi connectivity index (χ1v) is 7.60. The highest BCUT2D eigenvalue weighted by Gasteiger charge is 2.19. The molecule has 0 aromatic heterocycles. The molecule has 0 rings (SSSR count). The minimum Gasteiger partial charge on any atom is -0.414 e. The van der Waals surface area contributed by atoms with Crippen LogP contribution < -0.4 is 0 Å². The third-order valence-corrected chi connectivity index (χ3v) is 2.26. The van der Waals surface area contributed by atoms with Crippen LogP contribution in [0.4, 0.5) is 0 Å². The van der Waals surface area contributed by atoms with Crippen molar-refractivity contribution in [3.05, 3.63) is 20.9 Å². The van der Waals surface area contributed by atoms with E-state index >= 15 is 0 Å². The summed E-state index contributed by atoms with van der Waals surface area (Å²) in [6, 6.07) is 0. The first kappa shape index (κ1) is 12.8. The van der Waals surface area contributed by atoms with E-state index < -0.39 is 8.32 Å². The molecule has 0 aliphatic heterocycles. The number of nitrogens with zero attached hydrogens (tertiary/aromatic N) is 6. The number of rotatable bonds is 6. The highest BCUT2D eigenvalue weighted by atomic mass is 28.4. The van der Waals surface area contributed by atoms with Crippen molar-refractivity contribution in [1.82, 2.24) is 0 Å². The maximum Gasteiger partial charge on any atom is 0.184 e. The van der Waals surface area contributed by atoms with E-state index in [1.165, 1.54) is 0 Å². The molecular weight excluding hydrogens is 200 g/mol. The van der Waals surface area contributed by atoms with Crippen LogP contribution in [0.25, 0.3) is 20.9 Å². The van der Waals surface area contributed by atoms with Gasteiger partial charge in [0.1, 0.15) is 0 Å². The summed E-state index contributed by atoms with van der Waals surface area (Å²) in [5.74, 6) is 0. The average Bonchev–Trinajstić information content (AvgIpc) is 2.07. The SMILES string of the molecule is C[Si](C)(C)OC(CN=[N+]=[N-])CN=[N+]=[N-]. The number of azide groups is 2. The van der Waals surface area contributed by atoms with Gasteiger partial charge in [-0.05, 0) is 30.7 Å². The molecule has 0 N–H and O–H groups in total. The molecule has 0 radical (unpaired) electrons. The highest BCUT2D eigenvalue weighted by Crippen LogP contribution is 2.08. The van der Waals surface area contributed by atoms with Gasteiger partial charge in [-0.15, -0.1) is 0 Å². The molecule has 0 amide bonds. The first-order chi connectivity index (χ1) is 6.49. The lowest BCUT2D eigenvalue weighted by Crippen LogP contribution is -2.35. The summed E-state index contributed by atoms with van der Waals surface area (Å²) in [5, 5.41) is 6.81. The molecule has 0 aliphatic rings. The number of hydrogen-bond acceptors (Lipinski definition) is 3. The van der Waals surface area contributed by atoms with E-state index in [4.69, 9.17) is 15.5 Å². The molecule has 0 saturated carbocycles. The third kappa shape index (κ3) is 7.45. The summed E-state index contributed by atoms with van der Waals surface area (Å²) in [5.41, 5.74) is 16.3. The normalized spacial score (nSPS) is 12.5. The van der Waals surface area contributed by atoms with Crippen LogP contribution in [-0.4, -0.2) is 27.5 Å². The van der Waals surface area contributed by atoms with E-state index in [0.29, 0.717) is 0 Å². The lowest BCUT2D eigenvalue weighted by Gasteiger charge is -2.23. The van der Waals surface area contributed by atoms with Crippen LogP contribution in [0, 0.1) is 0 Å². The highest BCUT2D eigenvalue weighted by molar-refractivity contribution is 6.69. The van der Waals surface area contributed by atoms with Gasteiger partial charge in [0.15, 0.2) is 8.32 Å².